The number of aliphatic hydroxyl groups excluding tert-OH is 1. The Morgan fingerprint density at radius 1 is 1.09 bits per heavy atom. The topological polar surface area (TPSA) is 70.7 Å². The summed E-state index contributed by atoms with van der Waals surface area (Å²) in [5, 5.41) is 17.4. The monoisotopic (exact) mass is 302 g/mol. The van der Waals surface area contributed by atoms with E-state index >= 15 is 0 Å². The first kappa shape index (κ1) is 14.0. The lowest BCUT2D eigenvalue weighted by molar-refractivity contribution is 0.350. The largest absolute Gasteiger partial charge is 0.508 e. The smallest absolute Gasteiger partial charge is 0.344 e. The van der Waals surface area contributed by atoms with Crippen molar-refractivity contribution in [3.05, 3.63) is 51.9 Å². The molecule has 4 nitrogen and oxygen atoms in total. The Morgan fingerprint density at radius 2 is 1.82 bits per heavy atom. The molecular weight excluding hydrogens is 294 g/mol. The molecule has 0 bridgehead atoms. The number of benzene rings is 2. The van der Waals surface area contributed by atoms with Gasteiger partial charge in [-0.05, 0) is 12.1 Å². The molecule has 0 atom stereocenters. The zero-order valence-corrected chi connectivity index (χ0v) is 11.0. The second kappa shape index (κ2) is 5.13. The normalized spacial score (nSPS) is 10.7. The number of fused-ring (bicyclic) bond motifs is 3. The van der Waals surface area contributed by atoms with Crippen LogP contribution in [0, 0.1) is 23.5 Å². The number of rotatable bonds is 0. The van der Waals surface area contributed by atoms with Crippen LogP contribution in [0.25, 0.3) is 21.7 Å². The van der Waals surface area contributed by atoms with Crippen LogP contribution in [0.15, 0.2) is 33.5 Å². The number of hydrogen-bond donors (Lipinski definition) is 2. The van der Waals surface area contributed by atoms with Crippen molar-refractivity contribution in [3.8, 4) is 17.6 Å². The summed E-state index contributed by atoms with van der Waals surface area (Å²) in [5.41, 5.74) is -0.966. The van der Waals surface area contributed by atoms with Gasteiger partial charge in [-0.3, -0.25) is 0 Å². The number of aliphatic hydroxyl groups is 1. The molecule has 0 spiro atoms. The third kappa shape index (κ3) is 2.18. The fraction of sp³-hybridized carbons (Fsp3) is 0.0625. The molecule has 3 aromatic rings. The van der Waals surface area contributed by atoms with Crippen LogP contribution in [-0.4, -0.2) is 16.8 Å². The zero-order valence-electron chi connectivity index (χ0n) is 11.0. The second-order valence-corrected chi connectivity index (χ2v) is 4.53. The minimum absolute atomic E-state index is 0.157. The average molecular weight is 302 g/mol. The number of phenolic OH excluding ortho intramolecular Hbond substituents is 1. The summed E-state index contributed by atoms with van der Waals surface area (Å²) in [6, 6.07) is 4.15. The molecule has 3 rings (SSSR count). The van der Waals surface area contributed by atoms with Crippen LogP contribution in [0.3, 0.4) is 0 Å². The van der Waals surface area contributed by atoms with Gasteiger partial charge in [-0.15, -0.1) is 0 Å². The minimum Gasteiger partial charge on any atom is -0.508 e. The Morgan fingerprint density at radius 3 is 2.55 bits per heavy atom. The summed E-state index contributed by atoms with van der Waals surface area (Å²) >= 11 is 0. The van der Waals surface area contributed by atoms with Gasteiger partial charge >= 0.3 is 5.63 Å². The Labute approximate surface area is 122 Å². The molecule has 110 valence electrons. The second-order valence-electron chi connectivity index (χ2n) is 4.53. The highest BCUT2D eigenvalue weighted by molar-refractivity contribution is 6.05. The third-order valence-corrected chi connectivity index (χ3v) is 3.11. The molecule has 0 unspecified atom stereocenters. The summed E-state index contributed by atoms with van der Waals surface area (Å²) in [6.45, 7) is -0.417. The Hall–Kier alpha value is -2.91. The maximum Gasteiger partial charge on any atom is 0.344 e. The molecule has 0 amide bonds. The number of halogens is 2. The van der Waals surface area contributed by atoms with Crippen molar-refractivity contribution in [2.24, 2.45) is 0 Å². The quantitative estimate of drug-likeness (QED) is 0.380. The maximum absolute atomic E-state index is 14.3. The molecule has 1 heterocycles. The molecule has 0 aliphatic rings. The lowest BCUT2D eigenvalue weighted by Gasteiger charge is -2.06. The summed E-state index contributed by atoms with van der Waals surface area (Å²) in [5.74, 6) is 2.62. The van der Waals surface area contributed by atoms with Gasteiger partial charge in [0, 0.05) is 23.1 Å². The lowest BCUT2D eigenvalue weighted by atomic mass is 10.0. The van der Waals surface area contributed by atoms with Gasteiger partial charge in [-0.25, -0.2) is 13.6 Å². The van der Waals surface area contributed by atoms with Gasteiger partial charge in [0.05, 0.1) is 10.8 Å². The van der Waals surface area contributed by atoms with Crippen molar-refractivity contribution in [1.29, 1.82) is 0 Å². The summed E-state index contributed by atoms with van der Waals surface area (Å²) in [4.78, 5) is 12.0. The van der Waals surface area contributed by atoms with Crippen LogP contribution in [-0.2, 0) is 0 Å². The molecule has 0 radical (unpaired) electrons. The van der Waals surface area contributed by atoms with Crippen LogP contribution in [0.2, 0.25) is 0 Å². The van der Waals surface area contributed by atoms with Crippen molar-refractivity contribution >= 4 is 21.7 Å². The van der Waals surface area contributed by atoms with Crippen LogP contribution < -0.4 is 5.63 Å². The number of aromatic hydroxyl groups is 1. The molecule has 22 heavy (non-hydrogen) atoms. The third-order valence-electron chi connectivity index (χ3n) is 3.11. The van der Waals surface area contributed by atoms with Crippen molar-refractivity contribution in [1.82, 2.24) is 0 Å². The van der Waals surface area contributed by atoms with E-state index in [0.29, 0.717) is 0 Å². The molecule has 0 aliphatic carbocycles. The van der Waals surface area contributed by atoms with Crippen molar-refractivity contribution in [3.63, 3.8) is 0 Å². The highest BCUT2D eigenvalue weighted by Crippen LogP contribution is 2.31. The summed E-state index contributed by atoms with van der Waals surface area (Å²) < 4.78 is 33.3. The van der Waals surface area contributed by atoms with Gasteiger partial charge in [0.1, 0.15) is 29.6 Å². The molecule has 0 fully saturated rings. The molecule has 0 aliphatic heterocycles. The molecule has 2 N–H and O–H groups in total. The predicted molar refractivity (Wildman–Crippen MR) is 75.5 cm³/mol. The molecule has 1 aromatic heterocycles. The van der Waals surface area contributed by atoms with Gasteiger partial charge in [-0.2, -0.15) is 0 Å². The van der Waals surface area contributed by atoms with E-state index in [1.54, 1.807) is 0 Å². The van der Waals surface area contributed by atoms with Gasteiger partial charge < -0.3 is 14.6 Å². The van der Waals surface area contributed by atoms with Gasteiger partial charge in [0.2, 0.25) is 0 Å². The van der Waals surface area contributed by atoms with E-state index in [0.717, 1.165) is 18.2 Å². The van der Waals surface area contributed by atoms with Crippen molar-refractivity contribution in [2.45, 2.75) is 0 Å². The molecular formula is C16H8F2O4. The molecule has 0 saturated carbocycles. The minimum atomic E-state index is -0.906. The van der Waals surface area contributed by atoms with Crippen LogP contribution in [0.4, 0.5) is 8.78 Å². The van der Waals surface area contributed by atoms with E-state index in [1.807, 2.05) is 0 Å². The first-order valence-corrected chi connectivity index (χ1v) is 6.19. The van der Waals surface area contributed by atoms with E-state index in [-0.39, 0.29) is 27.3 Å². The first-order chi connectivity index (χ1) is 10.5. The van der Waals surface area contributed by atoms with Crippen molar-refractivity contribution in [2.75, 3.05) is 6.61 Å². The molecule has 2 aromatic carbocycles. The standard InChI is InChI=1S/C16H8F2O4/c17-11-5-8(2-1-3-19)4-10-14(11)15-12(18)6-9(20)7-13(15)22-16(10)21/h4-7,19-20H,3H2. The SMILES string of the molecule is O=c1oc2cc(O)cc(F)c2c2c(F)cc(C#CCO)cc12. The highest BCUT2D eigenvalue weighted by Gasteiger charge is 2.17. The Bertz CT molecular complexity index is 1030. The van der Waals surface area contributed by atoms with Crippen LogP contribution in [0.1, 0.15) is 5.56 Å². The predicted octanol–water partition coefficient (Wildman–Crippen LogP) is 2.27. The van der Waals surface area contributed by atoms with Crippen molar-refractivity contribution < 1.29 is 23.4 Å². The van der Waals surface area contributed by atoms with E-state index in [9.17, 15) is 18.7 Å². The molecule has 0 saturated heterocycles. The van der Waals surface area contributed by atoms with E-state index < -0.39 is 29.6 Å². The zero-order chi connectivity index (χ0) is 15.9. The van der Waals surface area contributed by atoms with Crippen LogP contribution in [0.5, 0.6) is 5.75 Å². The maximum atomic E-state index is 14.3. The first-order valence-electron chi connectivity index (χ1n) is 6.19. The number of hydrogen-bond acceptors (Lipinski definition) is 4. The number of phenols is 1. The molecule has 6 heteroatoms. The van der Waals surface area contributed by atoms with Gasteiger partial charge in [0.25, 0.3) is 0 Å². The summed E-state index contributed by atoms with van der Waals surface area (Å²) in [7, 11) is 0. The summed E-state index contributed by atoms with van der Waals surface area (Å²) in [6.07, 6.45) is 0. The van der Waals surface area contributed by atoms with Gasteiger partial charge in [-0.1, -0.05) is 11.8 Å². The van der Waals surface area contributed by atoms with E-state index in [1.165, 1.54) is 6.07 Å². The Balaban J connectivity index is 2.51. The average Bonchev–Trinajstić information content (AvgIpc) is 2.45. The van der Waals surface area contributed by atoms with E-state index in [4.69, 9.17) is 9.52 Å². The fourth-order valence-corrected chi connectivity index (χ4v) is 2.28. The Kier molecular flexibility index (Phi) is 3.28. The van der Waals surface area contributed by atoms with Crippen LogP contribution >= 0.6 is 0 Å². The fourth-order valence-electron chi connectivity index (χ4n) is 2.28. The lowest BCUT2D eigenvalue weighted by Crippen LogP contribution is -2.03. The van der Waals surface area contributed by atoms with Gasteiger partial charge in [0.15, 0.2) is 0 Å². The highest BCUT2D eigenvalue weighted by atomic mass is 19.1. The van der Waals surface area contributed by atoms with E-state index in [2.05, 4.69) is 11.8 Å².